The molecule has 38 heavy (non-hydrogen) atoms. The van der Waals surface area contributed by atoms with Crippen molar-refractivity contribution in [1.29, 1.82) is 0 Å². The van der Waals surface area contributed by atoms with E-state index in [2.05, 4.69) is 19.2 Å². The minimum Gasteiger partial charge on any atom is -0.508 e. The Balaban J connectivity index is 1.53. The van der Waals surface area contributed by atoms with E-state index in [1.807, 2.05) is 48.5 Å². The lowest BCUT2D eigenvalue weighted by molar-refractivity contribution is 0.210. The molecule has 194 valence electrons. The third kappa shape index (κ3) is 6.53. The van der Waals surface area contributed by atoms with Gasteiger partial charge < -0.3 is 19.7 Å². The van der Waals surface area contributed by atoms with E-state index in [-0.39, 0.29) is 22.9 Å². The molecule has 4 aromatic carbocycles. The highest BCUT2D eigenvalue weighted by atomic mass is 16.6. The van der Waals surface area contributed by atoms with Crippen molar-refractivity contribution in [3.63, 3.8) is 0 Å². The molecule has 1 amide bonds. The summed E-state index contributed by atoms with van der Waals surface area (Å²) in [5.74, 6) is 0.842. The van der Waals surface area contributed by atoms with Crippen LogP contribution in [0.25, 0.3) is 11.1 Å². The normalized spacial score (nSPS) is 11.4. The van der Waals surface area contributed by atoms with Crippen molar-refractivity contribution < 1.29 is 24.5 Å². The summed E-state index contributed by atoms with van der Waals surface area (Å²) in [6, 6.07) is 28.9. The van der Waals surface area contributed by atoms with Crippen molar-refractivity contribution in [3.8, 4) is 23.0 Å². The average Bonchev–Trinajstić information content (AvgIpc) is 2.94. The maximum absolute atomic E-state index is 12.8. The molecule has 0 saturated carbocycles. The highest BCUT2D eigenvalue weighted by Crippen LogP contribution is 2.36. The third-order valence-electron chi connectivity index (χ3n) is 6.16. The van der Waals surface area contributed by atoms with Crippen molar-refractivity contribution in [3.05, 3.63) is 114 Å². The summed E-state index contributed by atoms with van der Waals surface area (Å²) in [5.41, 5.74) is 5.31. The van der Waals surface area contributed by atoms with Gasteiger partial charge in [0.1, 0.15) is 18.1 Å². The highest BCUT2D eigenvalue weighted by molar-refractivity contribution is 5.94. The summed E-state index contributed by atoms with van der Waals surface area (Å²) in [4.78, 5) is 12.8. The fourth-order valence-corrected chi connectivity index (χ4v) is 4.29. The van der Waals surface area contributed by atoms with E-state index in [1.54, 1.807) is 48.5 Å². The largest absolute Gasteiger partial charge is 0.508 e. The molecular weight excluding hydrogens is 478 g/mol. The topological polar surface area (TPSA) is 88.0 Å². The van der Waals surface area contributed by atoms with Crippen molar-refractivity contribution in [2.75, 3.05) is 5.32 Å². The van der Waals surface area contributed by atoms with E-state index >= 15 is 0 Å². The Bertz CT molecular complexity index is 1410. The van der Waals surface area contributed by atoms with Crippen LogP contribution in [0.15, 0.2) is 97.1 Å². The zero-order valence-electron chi connectivity index (χ0n) is 21.5. The number of para-hydroxylation sites is 2. The Hall–Kier alpha value is -4.71. The van der Waals surface area contributed by atoms with Crippen LogP contribution in [0.4, 0.5) is 10.5 Å². The monoisotopic (exact) mass is 509 g/mol. The molecule has 4 aromatic rings. The first-order valence-corrected chi connectivity index (χ1v) is 12.6. The number of carbonyl (C=O) groups excluding carboxylic acids is 1. The summed E-state index contributed by atoms with van der Waals surface area (Å²) in [7, 11) is 0. The summed E-state index contributed by atoms with van der Waals surface area (Å²) < 4.78 is 11.4. The molecule has 0 heterocycles. The molecule has 0 spiro atoms. The number of nitrogens with one attached hydrogen (secondary N) is 1. The molecule has 0 aliphatic heterocycles. The van der Waals surface area contributed by atoms with Crippen molar-refractivity contribution >= 4 is 22.9 Å². The van der Waals surface area contributed by atoms with Crippen LogP contribution >= 0.6 is 0 Å². The quantitative estimate of drug-likeness (QED) is 0.157. The van der Waals surface area contributed by atoms with Crippen LogP contribution in [0.1, 0.15) is 43.4 Å². The minimum absolute atomic E-state index is 0.0718. The number of ether oxygens (including phenoxy) is 2. The first-order valence-electron chi connectivity index (χ1n) is 12.6. The van der Waals surface area contributed by atoms with E-state index in [1.165, 1.54) is 0 Å². The molecule has 0 unspecified atom stereocenters. The Kier molecular flexibility index (Phi) is 8.67. The van der Waals surface area contributed by atoms with Crippen LogP contribution in [0.3, 0.4) is 0 Å². The Morgan fingerprint density at radius 1 is 0.737 bits per heavy atom. The molecule has 4 rings (SSSR count). The van der Waals surface area contributed by atoms with Crippen LogP contribution in [-0.2, 0) is 6.61 Å². The van der Waals surface area contributed by atoms with Crippen molar-refractivity contribution in [1.82, 2.24) is 0 Å². The van der Waals surface area contributed by atoms with E-state index in [9.17, 15) is 15.0 Å². The number of hydrogen-bond acceptors (Lipinski definition) is 5. The first kappa shape index (κ1) is 26.4. The molecule has 0 fully saturated rings. The van der Waals surface area contributed by atoms with Crippen LogP contribution in [0.2, 0.25) is 0 Å². The predicted octanol–water partition coefficient (Wildman–Crippen LogP) is 8.02. The van der Waals surface area contributed by atoms with E-state index in [4.69, 9.17) is 9.47 Å². The van der Waals surface area contributed by atoms with Gasteiger partial charge in [-0.15, -0.1) is 0 Å². The van der Waals surface area contributed by atoms with Gasteiger partial charge in [-0.1, -0.05) is 74.5 Å². The molecule has 0 aliphatic rings. The number of rotatable bonds is 9. The fourth-order valence-electron chi connectivity index (χ4n) is 4.29. The van der Waals surface area contributed by atoms with Gasteiger partial charge in [0, 0.05) is 0 Å². The van der Waals surface area contributed by atoms with Crippen molar-refractivity contribution in [2.45, 2.75) is 33.3 Å². The number of phenols is 2. The standard InChI is InChI=1S/C32H31NO5/c1-3-26(23-14-17-25(34)18-15-23)27(4-2)24-16-19-29(35)28(20-24)33-32(36)38-31-13-9-8-12-30(31)37-21-22-10-6-5-7-11-22/h5-20,34-35H,3-4,21H2,1-2H3,(H,33,36). The van der Waals surface area contributed by atoms with Crippen molar-refractivity contribution in [2.24, 2.45) is 0 Å². The lowest BCUT2D eigenvalue weighted by Gasteiger charge is -2.16. The van der Waals surface area contributed by atoms with Gasteiger partial charge in [-0.3, -0.25) is 5.32 Å². The lowest BCUT2D eigenvalue weighted by atomic mass is 9.91. The molecule has 0 aromatic heterocycles. The maximum Gasteiger partial charge on any atom is 0.417 e. The molecule has 0 radical (unpaired) electrons. The molecule has 0 saturated heterocycles. The molecule has 6 nitrogen and oxygen atoms in total. The average molecular weight is 510 g/mol. The molecule has 3 N–H and O–H groups in total. The van der Waals surface area contributed by atoms with Gasteiger partial charge in [-0.05, 0) is 77.1 Å². The zero-order chi connectivity index (χ0) is 26.9. The summed E-state index contributed by atoms with van der Waals surface area (Å²) in [6.07, 6.45) is 0.772. The van der Waals surface area contributed by atoms with Gasteiger partial charge in [0.15, 0.2) is 11.5 Å². The fraction of sp³-hybridized carbons (Fsp3) is 0.156. The van der Waals surface area contributed by atoms with E-state index in [0.717, 1.165) is 40.7 Å². The minimum atomic E-state index is -0.746. The first-order chi connectivity index (χ1) is 18.5. The van der Waals surface area contributed by atoms with E-state index in [0.29, 0.717) is 12.4 Å². The van der Waals surface area contributed by atoms with E-state index < -0.39 is 6.09 Å². The Morgan fingerprint density at radius 3 is 2.03 bits per heavy atom. The molecule has 6 heteroatoms. The summed E-state index contributed by atoms with van der Waals surface area (Å²) >= 11 is 0. The van der Waals surface area contributed by atoms with Gasteiger partial charge in [0.2, 0.25) is 0 Å². The summed E-state index contributed by atoms with van der Waals surface area (Å²) in [5, 5.41) is 22.8. The lowest BCUT2D eigenvalue weighted by Crippen LogP contribution is -2.17. The second kappa shape index (κ2) is 12.5. The number of allylic oxidation sites excluding steroid dienone is 2. The highest BCUT2D eigenvalue weighted by Gasteiger charge is 2.15. The van der Waals surface area contributed by atoms with Crippen LogP contribution in [-0.4, -0.2) is 16.3 Å². The summed E-state index contributed by atoms with van der Waals surface area (Å²) in [6.45, 7) is 4.47. The number of carbonyl (C=O) groups is 1. The smallest absolute Gasteiger partial charge is 0.417 e. The SMILES string of the molecule is CCC(=C(CC)c1ccc(O)c(NC(=O)Oc2ccccc2OCc2ccccc2)c1)c1ccc(O)cc1. The second-order valence-electron chi connectivity index (χ2n) is 8.68. The van der Waals surface area contributed by atoms with Gasteiger partial charge >= 0.3 is 6.09 Å². The third-order valence-corrected chi connectivity index (χ3v) is 6.16. The Morgan fingerprint density at radius 2 is 1.34 bits per heavy atom. The van der Waals surface area contributed by atoms with Gasteiger partial charge in [0.25, 0.3) is 0 Å². The van der Waals surface area contributed by atoms with Gasteiger partial charge in [-0.25, -0.2) is 4.79 Å². The molecule has 0 aliphatic carbocycles. The Labute approximate surface area is 222 Å². The number of amides is 1. The molecular formula is C32H31NO5. The van der Waals surface area contributed by atoms with Crippen LogP contribution < -0.4 is 14.8 Å². The van der Waals surface area contributed by atoms with Crippen LogP contribution in [0, 0.1) is 0 Å². The molecule has 0 atom stereocenters. The molecule has 0 bridgehead atoms. The second-order valence-corrected chi connectivity index (χ2v) is 8.68. The zero-order valence-corrected chi connectivity index (χ0v) is 21.5. The number of anilines is 1. The predicted molar refractivity (Wildman–Crippen MR) is 150 cm³/mol. The van der Waals surface area contributed by atoms with Gasteiger partial charge in [-0.2, -0.15) is 0 Å². The van der Waals surface area contributed by atoms with Crippen LogP contribution in [0.5, 0.6) is 23.0 Å². The van der Waals surface area contributed by atoms with Gasteiger partial charge in [0.05, 0.1) is 5.69 Å². The number of aromatic hydroxyl groups is 2. The number of hydrogen-bond donors (Lipinski definition) is 3. The number of phenolic OH excluding ortho intramolecular Hbond substituents is 2. The maximum atomic E-state index is 12.8. The number of benzene rings is 4.